The standard InChI is InChI=1S/C7H8N.2CHO.CH3.Fe/c8-6-7-4-2-1-3-5-7;2*1-2;;/h1-5,8H,6H2;2*1H;1H3;/q4*-1;+4. The van der Waals surface area contributed by atoms with Crippen LogP contribution in [0.5, 0.6) is 0 Å². The van der Waals surface area contributed by atoms with Crippen molar-refractivity contribution in [1.82, 2.24) is 0 Å². The molecule has 4 heteroatoms. The van der Waals surface area contributed by atoms with Gasteiger partial charge in [-0.1, -0.05) is 35.9 Å². The summed E-state index contributed by atoms with van der Waals surface area (Å²) in [5, 5.41) is 0. The summed E-state index contributed by atoms with van der Waals surface area (Å²) in [7, 11) is 0. The Bertz CT molecular complexity index is 181. The third-order valence-corrected chi connectivity index (χ3v) is 1.05. The normalized spacial score (nSPS) is 5.79. The summed E-state index contributed by atoms with van der Waals surface area (Å²) in [6.45, 7) is 6.89. The Labute approximate surface area is 96.2 Å². The molecule has 1 N–H and O–H groups in total. The molecule has 0 saturated heterocycles. The average Bonchev–Trinajstić information content (AvgIpc) is 2.25. The van der Waals surface area contributed by atoms with Gasteiger partial charge in [-0.2, -0.15) is 0 Å². The van der Waals surface area contributed by atoms with Crippen LogP contribution in [0.3, 0.4) is 0 Å². The quantitative estimate of drug-likeness (QED) is 0.425. The second-order valence-electron chi connectivity index (χ2n) is 1.66. The maximum atomic E-state index is 7.75. The van der Waals surface area contributed by atoms with Gasteiger partial charge in [0.05, 0.1) is 0 Å². The second-order valence-corrected chi connectivity index (χ2v) is 1.66. The Hall–Kier alpha value is -0.961. The van der Waals surface area contributed by atoms with Crippen LogP contribution in [0.25, 0.3) is 5.73 Å². The predicted molar refractivity (Wildman–Crippen MR) is 54.4 cm³/mol. The van der Waals surface area contributed by atoms with E-state index in [9.17, 15) is 0 Å². The van der Waals surface area contributed by atoms with Crippen molar-refractivity contribution < 1.29 is 26.7 Å². The molecule has 0 aliphatic carbocycles. The molecule has 78 valence electrons. The molecule has 0 atom stereocenters. The summed E-state index contributed by atoms with van der Waals surface area (Å²) in [5.74, 6) is 0. The minimum atomic E-state index is 0. The molecule has 0 amide bonds. The van der Waals surface area contributed by atoms with Gasteiger partial charge in [-0.3, -0.25) is 13.6 Å². The molecule has 0 aliphatic heterocycles. The summed E-state index contributed by atoms with van der Waals surface area (Å²) >= 11 is 0. The molecule has 3 nitrogen and oxygen atoms in total. The molecule has 0 saturated carbocycles. The third kappa shape index (κ3) is 13.6. The van der Waals surface area contributed by atoms with E-state index < -0.39 is 0 Å². The van der Waals surface area contributed by atoms with Gasteiger partial charge in [0.15, 0.2) is 0 Å². The van der Waals surface area contributed by atoms with Crippen molar-refractivity contribution in [2.45, 2.75) is 6.54 Å². The van der Waals surface area contributed by atoms with Gasteiger partial charge >= 0.3 is 17.1 Å². The van der Waals surface area contributed by atoms with Gasteiger partial charge in [0, 0.05) is 0 Å². The Kier molecular flexibility index (Phi) is 37.5. The Morgan fingerprint density at radius 3 is 1.57 bits per heavy atom. The largest absolute Gasteiger partial charge is 4.00 e. The first kappa shape index (κ1) is 23.1. The number of rotatable bonds is 1. The fourth-order valence-electron chi connectivity index (χ4n) is 0.596. The van der Waals surface area contributed by atoms with Crippen molar-refractivity contribution in [3.8, 4) is 0 Å². The van der Waals surface area contributed by atoms with E-state index >= 15 is 0 Å². The molecule has 0 aliphatic rings. The predicted octanol–water partition coefficient (Wildman–Crippen LogP) is 2.14. The molecule has 0 aromatic heterocycles. The van der Waals surface area contributed by atoms with Crippen LogP contribution in [0.4, 0.5) is 0 Å². The maximum Gasteiger partial charge on any atom is 4.00 e. The van der Waals surface area contributed by atoms with Crippen molar-refractivity contribution in [3.63, 3.8) is 0 Å². The fourth-order valence-corrected chi connectivity index (χ4v) is 0.596. The van der Waals surface area contributed by atoms with Crippen molar-refractivity contribution >= 4 is 13.6 Å². The molecule has 1 aromatic rings. The molecule has 0 fully saturated rings. The molecule has 1 aromatic carbocycles. The zero-order valence-corrected chi connectivity index (χ0v) is 9.02. The van der Waals surface area contributed by atoms with Crippen LogP contribution in [0.1, 0.15) is 5.56 Å². The van der Waals surface area contributed by atoms with Gasteiger partial charge < -0.3 is 22.7 Å². The van der Waals surface area contributed by atoms with Gasteiger partial charge in [0.1, 0.15) is 0 Å². The SMILES string of the molecule is [CH-]=O.[CH-]=O.[CH3-].[Fe+4].[NH-]Cc1ccccc1. The fraction of sp³-hybridized carbons (Fsp3) is 0.100. The van der Waals surface area contributed by atoms with Crippen LogP contribution < -0.4 is 0 Å². The first-order chi connectivity index (χ1) is 5.93. The van der Waals surface area contributed by atoms with Crippen LogP contribution in [0.2, 0.25) is 0 Å². The van der Waals surface area contributed by atoms with E-state index in [0.717, 1.165) is 5.56 Å². The minimum absolute atomic E-state index is 0. The van der Waals surface area contributed by atoms with Crippen LogP contribution >= 0.6 is 0 Å². The number of hydrogen-bond acceptors (Lipinski definition) is 2. The zero-order chi connectivity index (χ0) is 9.82. The number of hydrogen-bond donors (Lipinski definition) is 0. The molecule has 0 unspecified atom stereocenters. The Balaban J connectivity index is -0.0000000750. The molecular formula is C10H13FeNO2. The first-order valence-corrected chi connectivity index (χ1v) is 3.09. The molecule has 14 heavy (non-hydrogen) atoms. The Morgan fingerprint density at radius 2 is 1.36 bits per heavy atom. The second kappa shape index (κ2) is 22.7. The average molecular weight is 235 g/mol. The summed E-state index contributed by atoms with van der Waals surface area (Å²) in [5.41, 5.74) is 8.02. The number of nitrogens with one attached hydrogen (secondary N) is 1. The van der Waals surface area contributed by atoms with Crippen molar-refractivity contribution in [3.05, 3.63) is 49.1 Å². The van der Waals surface area contributed by atoms with Gasteiger partial charge in [0.25, 0.3) is 0 Å². The van der Waals surface area contributed by atoms with Crippen molar-refractivity contribution in [2.24, 2.45) is 0 Å². The number of benzene rings is 1. The molecule has 0 spiro atoms. The maximum absolute atomic E-state index is 7.75. The smallest absolute Gasteiger partial charge is 0.674 e. The Morgan fingerprint density at radius 1 is 1.00 bits per heavy atom. The third-order valence-electron chi connectivity index (χ3n) is 1.05. The summed E-state index contributed by atoms with van der Waals surface area (Å²) in [4.78, 5) is 15.5. The monoisotopic (exact) mass is 235 g/mol. The van der Waals surface area contributed by atoms with Gasteiger partial charge in [-0.25, -0.2) is 0 Å². The first-order valence-electron chi connectivity index (χ1n) is 3.09. The molecule has 1 rings (SSSR count). The van der Waals surface area contributed by atoms with E-state index in [1.165, 1.54) is 0 Å². The van der Waals surface area contributed by atoms with E-state index in [0.29, 0.717) is 6.54 Å². The summed E-state index contributed by atoms with van der Waals surface area (Å²) in [6, 6.07) is 9.76. The zero-order valence-electron chi connectivity index (χ0n) is 7.92. The molecule has 0 bridgehead atoms. The van der Waals surface area contributed by atoms with E-state index in [-0.39, 0.29) is 24.5 Å². The van der Waals surface area contributed by atoms with Gasteiger partial charge in [-0.05, 0) is 0 Å². The van der Waals surface area contributed by atoms with Crippen molar-refractivity contribution in [1.29, 1.82) is 0 Å². The minimum Gasteiger partial charge on any atom is -0.674 e. The van der Waals surface area contributed by atoms with E-state index in [1.54, 1.807) is 0 Å². The van der Waals surface area contributed by atoms with Crippen LogP contribution in [-0.2, 0) is 33.2 Å². The van der Waals surface area contributed by atoms with E-state index in [2.05, 4.69) is 13.6 Å². The van der Waals surface area contributed by atoms with E-state index in [1.807, 2.05) is 30.3 Å². The summed E-state index contributed by atoms with van der Waals surface area (Å²) < 4.78 is 0. The van der Waals surface area contributed by atoms with Crippen LogP contribution in [0, 0.1) is 7.43 Å². The van der Waals surface area contributed by atoms with Gasteiger partial charge in [-0.15, -0.1) is 6.54 Å². The van der Waals surface area contributed by atoms with Gasteiger partial charge in [0.2, 0.25) is 0 Å². The molecular weight excluding hydrogens is 222 g/mol. The topological polar surface area (TPSA) is 57.9 Å². The van der Waals surface area contributed by atoms with Crippen LogP contribution in [0.15, 0.2) is 30.3 Å². The van der Waals surface area contributed by atoms with Crippen molar-refractivity contribution in [2.75, 3.05) is 0 Å². The summed E-state index contributed by atoms with van der Waals surface area (Å²) in [6.07, 6.45) is 0. The number of carbonyl (C=O) groups excluding carboxylic acids is 2. The molecule has 0 radical (unpaired) electrons. The van der Waals surface area contributed by atoms with E-state index in [4.69, 9.17) is 15.3 Å². The molecule has 0 heterocycles. The van der Waals surface area contributed by atoms with Crippen LogP contribution in [-0.4, -0.2) is 13.6 Å².